The molecule has 0 atom stereocenters. The number of hydrogen-bond acceptors (Lipinski definition) is 1. The van der Waals surface area contributed by atoms with Crippen LogP contribution in [0.15, 0.2) is 16.6 Å². The van der Waals surface area contributed by atoms with E-state index in [1.54, 1.807) is 6.07 Å². The molecule has 1 aromatic rings. The van der Waals surface area contributed by atoms with Crippen LogP contribution in [0.5, 0.6) is 0 Å². The molecule has 14 heavy (non-hydrogen) atoms. The highest BCUT2D eigenvalue weighted by molar-refractivity contribution is 9.10. The van der Waals surface area contributed by atoms with Crippen LogP contribution in [-0.4, -0.2) is 6.54 Å². The van der Waals surface area contributed by atoms with Gasteiger partial charge in [0.15, 0.2) is 0 Å². The monoisotopic (exact) mass is 257 g/mol. The Hall–Kier alpha value is -0.410. The molecule has 0 spiro atoms. The molecular weight excluding hydrogens is 245 g/mol. The van der Waals surface area contributed by atoms with Crippen LogP contribution in [0.3, 0.4) is 0 Å². The van der Waals surface area contributed by atoms with E-state index in [1.165, 1.54) is 5.56 Å². The number of rotatable bonds is 2. The fourth-order valence-electron chi connectivity index (χ4n) is 1.95. The number of halogens is 2. The largest absolute Gasteiger partial charge is 0.330 e. The molecule has 1 nitrogen and oxygen atoms in total. The van der Waals surface area contributed by atoms with Crippen LogP contribution >= 0.6 is 15.9 Å². The number of hydrogen-bond donors (Lipinski definition) is 1. The molecule has 0 heterocycles. The standard InChI is InChI=1S/C11H13BrFN/c1-7-4-10(13)9(12)5-8(7)11(6-14)2-3-11/h4-5H,2-3,6,14H2,1H3. The molecule has 2 N–H and O–H groups in total. The maximum Gasteiger partial charge on any atom is 0.137 e. The minimum absolute atomic E-state index is 0.139. The summed E-state index contributed by atoms with van der Waals surface area (Å²) in [5.41, 5.74) is 8.10. The molecule has 0 unspecified atom stereocenters. The first-order chi connectivity index (χ1) is 6.59. The highest BCUT2D eigenvalue weighted by Gasteiger charge is 2.43. The first-order valence-electron chi connectivity index (χ1n) is 4.75. The van der Waals surface area contributed by atoms with E-state index in [2.05, 4.69) is 15.9 Å². The molecule has 3 heteroatoms. The van der Waals surface area contributed by atoms with Crippen LogP contribution < -0.4 is 5.73 Å². The smallest absolute Gasteiger partial charge is 0.137 e. The van der Waals surface area contributed by atoms with Gasteiger partial charge in [0.05, 0.1) is 4.47 Å². The molecular formula is C11H13BrFN. The van der Waals surface area contributed by atoms with E-state index in [0.717, 1.165) is 18.4 Å². The average molecular weight is 258 g/mol. The third kappa shape index (κ3) is 1.48. The number of aryl methyl sites for hydroxylation is 1. The summed E-state index contributed by atoms with van der Waals surface area (Å²) in [7, 11) is 0. The third-order valence-corrected chi connectivity index (χ3v) is 3.69. The lowest BCUT2D eigenvalue weighted by Crippen LogP contribution is -2.20. The Morgan fingerprint density at radius 3 is 2.64 bits per heavy atom. The van der Waals surface area contributed by atoms with E-state index in [4.69, 9.17) is 5.73 Å². The van der Waals surface area contributed by atoms with E-state index in [0.29, 0.717) is 11.0 Å². The summed E-state index contributed by atoms with van der Waals surface area (Å²) < 4.78 is 13.7. The molecule has 1 fully saturated rings. The lowest BCUT2D eigenvalue weighted by atomic mass is 9.92. The summed E-state index contributed by atoms with van der Waals surface area (Å²) in [4.78, 5) is 0. The molecule has 1 aliphatic rings. The lowest BCUT2D eigenvalue weighted by Gasteiger charge is -2.16. The van der Waals surface area contributed by atoms with E-state index in [1.807, 2.05) is 13.0 Å². The van der Waals surface area contributed by atoms with Crippen molar-refractivity contribution < 1.29 is 4.39 Å². The molecule has 76 valence electrons. The maximum absolute atomic E-state index is 13.2. The SMILES string of the molecule is Cc1cc(F)c(Br)cc1C1(CN)CC1. The van der Waals surface area contributed by atoms with Crippen molar-refractivity contribution in [1.82, 2.24) is 0 Å². The fourth-order valence-corrected chi connectivity index (χ4v) is 2.30. The van der Waals surface area contributed by atoms with Gasteiger partial charge in [-0.05, 0) is 59.0 Å². The molecule has 0 radical (unpaired) electrons. The lowest BCUT2D eigenvalue weighted by molar-refractivity contribution is 0.614. The maximum atomic E-state index is 13.2. The summed E-state index contributed by atoms with van der Waals surface area (Å²) >= 11 is 3.21. The summed E-state index contributed by atoms with van der Waals surface area (Å²) in [5, 5.41) is 0. The van der Waals surface area contributed by atoms with Crippen molar-refractivity contribution in [3.05, 3.63) is 33.5 Å². The topological polar surface area (TPSA) is 26.0 Å². The molecule has 1 aliphatic carbocycles. The van der Waals surface area contributed by atoms with Gasteiger partial charge in [-0.3, -0.25) is 0 Å². The minimum Gasteiger partial charge on any atom is -0.330 e. The minimum atomic E-state index is -0.195. The number of benzene rings is 1. The molecule has 2 rings (SSSR count). The predicted molar refractivity (Wildman–Crippen MR) is 58.8 cm³/mol. The molecule has 0 saturated heterocycles. The van der Waals surface area contributed by atoms with Gasteiger partial charge in [-0.25, -0.2) is 4.39 Å². The zero-order valence-corrected chi connectivity index (χ0v) is 9.70. The quantitative estimate of drug-likeness (QED) is 0.867. The second-order valence-corrected chi connectivity index (χ2v) is 4.92. The number of nitrogens with two attached hydrogens (primary N) is 1. The van der Waals surface area contributed by atoms with Crippen LogP contribution in [0, 0.1) is 12.7 Å². The average Bonchev–Trinajstić information content (AvgIpc) is 2.92. The second kappa shape index (κ2) is 3.31. The van der Waals surface area contributed by atoms with Crippen LogP contribution in [0.2, 0.25) is 0 Å². The van der Waals surface area contributed by atoms with E-state index >= 15 is 0 Å². The fraction of sp³-hybridized carbons (Fsp3) is 0.455. The Labute approximate surface area is 91.6 Å². The van der Waals surface area contributed by atoms with Crippen molar-refractivity contribution in [2.75, 3.05) is 6.54 Å². The summed E-state index contributed by atoms with van der Waals surface area (Å²) in [6.45, 7) is 2.60. The normalized spacial score (nSPS) is 18.3. The Morgan fingerprint density at radius 1 is 1.50 bits per heavy atom. The van der Waals surface area contributed by atoms with Gasteiger partial charge in [0.25, 0.3) is 0 Å². The van der Waals surface area contributed by atoms with Gasteiger partial charge < -0.3 is 5.73 Å². The van der Waals surface area contributed by atoms with E-state index < -0.39 is 0 Å². The van der Waals surface area contributed by atoms with Crippen molar-refractivity contribution in [1.29, 1.82) is 0 Å². The van der Waals surface area contributed by atoms with Gasteiger partial charge in [-0.2, -0.15) is 0 Å². The second-order valence-electron chi connectivity index (χ2n) is 4.07. The molecule has 1 aromatic carbocycles. The van der Waals surface area contributed by atoms with Crippen molar-refractivity contribution in [3.8, 4) is 0 Å². The zero-order chi connectivity index (χ0) is 10.3. The highest BCUT2D eigenvalue weighted by atomic mass is 79.9. The predicted octanol–water partition coefficient (Wildman–Crippen LogP) is 2.89. The van der Waals surface area contributed by atoms with E-state index in [-0.39, 0.29) is 11.2 Å². The van der Waals surface area contributed by atoms with Crippen molar-refractivity contribution in [2.24, 2.45) is 5.73 Å². The highest BCUT2D eigenvalue weighted by Crippen LogP contribution is 2.49. The van der Waals surface area contributed by atoms with Crippen molar-refractivity contribution in [3.63, 3.8) is 0 Å². The van der Waals surface area contributed by atoms with Crippen LogP contribution in [0.25, 0.3) is 0 Å². The van der Waals surface area contributed by atoms with Gasteiger partial charge in [-0.15, -0.1) is 0 Å². The first kappa shape index (κ1) is 10.1. The zero-order valence-electron chi connectivity index (χ0n) is 8.11. The molecule has 1 saturated carbocycles. The van der Waals surface area contributed by atoms with E-state index in [9.17, 15) is 4.39 Å². The Balaban J connectivity index is 2.49. The molecule has 0 bridgehead atoms. The Kier molecular flexibility index (Phi) is 2.40. The van der Waals surface area contributed by atoms with Crippen LogP contribution in [-0.2, 0) is 5.41 Å². The molecule has 0 aromatic heterocycles. The third-order valence-electron chi connectivity index (χ3n) is 3.08. The van der Waals surface area contributed by atoms with Gasteiger partial charge in [0.2, 0.25) is 0 Å². The van der Waals surface area contributed by atoms with Gasteiger partial charge >= 0.3 is 0 Å². The Morgan fingerprint density at radius 2 is 2.14 bits per heavy atom. The first-order valence-corrected chi connectivity index (χ1v) is 5.54. The van der Waals surface area contributed by atoms with Crippen molar-refractivity contribution in [2.45, 2.75) is 25.2 Å². The summed E-state index contributed by atoms with van der Waals surface area (Å²) in [6, 6.07) is 3.46. The van der Waals surface area contributed by atoms with Crippen LogP contribution in [0.4, 0.5) is 4.39 Å². The Bertz CT molecular complexity index is 372. The van der Waals surface area contributed by atoms with Gasteiger partial charge in [-0.1, -0.05) is 0 Å². The van der Waals surface area contributed by atoms with Gasteiger partial charge in [0.1, 0.15) is 5.82 Å². The summed E-state index contributed by atoms with van der Waals surface area (Å²) in [6.07, 6.45) is 2.25. The van der Waals surface area contributed by atoms with Gasteiger partial charge in [0, 0.05) is 12.0 Å². The summed E-state index contributed by atoms with van der Waals surface area (Å²) in [5.74, 6) is -0.195. The van der Waals surface area contributed by atoms with Crippen molar-refractivity contribution >= 4 is 15.9 Å². The van der Waals surface area contributed by atoms with Crippen LogP contribution in [0.1, 0.15) is 24.0 Å². The molecule has 0 amide bonds. The molecule has 0 aliphatic heterocycles.